The van der Waals surface area contributed by atoms with Gasteiger partial charge in [0.25, 0.3) is 0 Å². The molecular formula is C14H18FN3O3. The number of carbonyl (C=O) groups is 2. The number of carboxylic acid groups (broad SMARTS) is 1. The average Bonchev–Trinajstić information content (AvgIpc) is 2.81. The van der Waals surface area contributed by atoms with Gasteiger partial charge in [-0.05, 0) is 44.6 Å². The maximum atomic E-state index is 13.2. The van der Waals surface area contributed by atoms with Crippen molar-refractivity contribution < 1.29 is 19.1 Å². The molecule has 0 bridgehead atoms. The van der Waals surface area contributed by atoms with E-state index in [4.69, 9.17) is 5.11 Å². The van der Waals surface area contributed by atoms with Crippen molar-refractivity contribution in [2.24, 2.45) is 0 Å². The predicted molar refractivity (Wildman–Crippen MR) is 76.0 cm³/mol. The fourth-order valence-electron chi connectivity index (χ4n) is 2.42. The molecule has 1 aliphatic rings. The van der Waals surface area contributed by atoms with Gasteiger partial charge >= 0.3 is 12.0 Å². The minimum Gasteiger partial charge on any atom is -0.478 e. The van der Waals surface area contributed by atoms with Crippen LogP contribution < -0.4 is 10.6 Å². The zero-order valence-corrected chi connectivity index (χ0v) is 11.7. The van der Waals surface area contributed by atoms with Crippen molar-refractivity contribution in [3.63, 3.8) is 0 Å². The Morgan fingerprint density at radius 1 is 1.48 bits per heavy atom. The summed E-state index contributed by atoms with van der Waals surface area (Å²) in [5.74, 6) is -1.83. The Hall–Kier alpha value is -2.15. The van der Waals surface area contributed by atoms with Gasteiger partial charge in [0.2, 0.25) is 0 Å². The van der Waals surface area contributed by atoms with Gasteiger partial charge < -0.3 is 20.6 Å². The van der Waals surface area contributed by atoms with Crippen molar-refractivity contribution in [2.75, 3.05) is 25.5 Å². The molecule has 0 radical (unpaired) electrons. The number of amides is 2. The monoisotopic (exact) mass is 295 g/mol. The maximum absolute atomic E-state index is 13.2. The second kappa shape index (κ2) is 6.53. The molecule has 7 heteroatoms. The van der Waals surface area contributed by atoms with Crippen LogP contribution >= 0.6 is 0 Å². The van der Waals surface area contributed by atoms with Gasteiger partial charge in [-0.25, -0.2) is 14.0 Å². The van der Waals surface area contributed by atoms with Crippen molar-refractivity contribution in [1.82, 2.24) is 10.2 Å². The summed E-state index contributed by atoms with van der Waals surface area (Å²) < 4.78 is 13.2. The number of aromatic carboxylic acids is 1. The van der Waals surface area contributed by atoms with E-state index in [0.717, 1.165) is 37.6 Å². The lowest BCUT2D eigenvalue weighted by Crippen LogP contribution is -2.40. The molecule has 1 heterocycles. The topological polar surface area (TPSA) is 81.7 Å². The third-order valence-corrected chi connectivity index (χ3v) is 3.63. The normalized spacial score (nSPS) is 18.5. The highest BCUT2D eigenvalue weighted by atomic mass is 19.1. The lowest BCUT2D eigenvalue weighted by atomic mass is 10.1. The number of urea groups is 1. The molecule has 3 N–H and O–H groups in total. The summed E-state index contributed by atoms with van der Waals surface area (Å²) in [4.78, 5) is 25.0. The summed E-state index contributed by atoms with van der Waals surface area (Å²) in [5.41, 5.74) is -0.204. The van der Waals surface area contributed by atoms with Crippen LogP contribution in [0.25, 0.3) is 0 Å². The fraction of sp³-hybridized carbons (Fsp3) is 0.429. The molecule has 2 rings (SSSR count). The van der Waals surface area contributed by atoms with Crippen LogP contribution in [0.1, 0.15) is 23.2 Å². The number of nitrogens with zero attached hydrogens (tertiary/aromatic N) is 1. The van der Waals surface area contributed by atoms with Crippen molar-refractivity contribution in [3.05, 3.63) is 29.6 Å². The first-order valence-electron chi connectivity index (χ1n) is 6.75. The van der Waals surface area contributed by atoms with Crippen molar-refractivity contribution in [1.29, 1.82) is 0 Å². The molecule has 114 valence electrons. The molecule has 0 aliphatic carbocycles. The number of likely N-dealkylation sites (N-methyl/N-ethyl adjacent to an activating group) is 1. The van der Waals surface area contributed by atoms with Gasteiger partial charge in [-0.1, -0.05) is 0 Å². The van der Waals surface area contributed by atoms with E-state index in [1.54, 1.807) is 0 Å². The number of hydrogen-bond donors (Lipinski definition) is 3. The van der Waals surface area contributed by atoms with Crippen LogP contribution in [0.3, 0.4) is 0 Å². The molecular weight excluding hydrogens is 277 g/mol. The van der Waals surface area contributed by atoms with Crippen LogP contribution in [-0.2, 0) is 0 Å². The Labute approximate surface area is 121 Å². The number of rotatable bonds is 4. The first-order chi connectivity index (χ1) is 9.97. The highest BCUT2D eigenvalue weighted by molar-refractivity contribution is 5.99. The van der Waals surface area contributed by atoms with E-state index < -0.39 is 17.8 Å². The molecule has 2 amide bonds. The Kier molecular flexibility index (Phi) is 4.74. The van der Waals surface area contributed by atoms with Crippen LogP contribution in [0, 0.1) is 5.82 Å². The highest BCUT2D eigenvalue weighted by Crippen LogP contribution is 2.17. The minimum absolute atomic E-state index is 0.0558. The number of hydrogen-bond acceptors (Lipinski definition) is 3. The van der Waals surface area contributed by atoms with Gasteiger partial charge in [-0.15, -0.1) is 0 Å². The molecule has 1 aliphatic heterocycles. The van der Waals surface area contributed by atoms with Crippen LogP contribution in [0.5, 0.6) is 0 Å². The Morgan fingerprint density at radius 2 is 2.24 bits per heavy atom. The van der Waals surface area contributed by atoms with Crippen molar-refractivity contribution in [3.8, 4) is 0 Å². The lowest BCUT2D eigenvalue weighted by molar-refractivity contribution is 0.0698. The molecule has 1 saturated heterocycles. The number of nitrogens with one attached hydrogen (secondary N) is 2. The smallest absolute Gasteiger partial charge is 0.337 e. The van der Waals surface area contributed by atoms with E-state index in [1.807, 2.05) is 7.05 Å². The van der Waals surface area contributed by atoms with E-state index in [9.17, 15) is 14.0 Å². The summed E-state index contributed by atoms with van der Waals surface area (Å²) in [5, 5.41) is 14.1. The molecule has 0 aromatic heterocycles. The van der Waals surface area contributed by atoms with Gasteiger partial charge in [0, 0.05) is 12.6 Å². The molecule has 0 spiro atoms. The Balaban J connectivity index is 1.96. The molecule has 6 nitrogen and oxygen atoms in total. The number of carboxylic acids is 1. The molecule has 1 fully saturated rings. The van der Waals surface area contributed by atoms with Gasteiger partial charge in [0.1, 0.15) is 5.82 Å². The second-order valence-corrected chi connectivity index (χ2v) is 5.11. The van der Waals surface area contributed by atoms with E-state index in [1.165, 1.54) is 0 Å². The quantitative estimate of drug-likeness (QED) is 0.790. The van der Waals surface area contributed by atoms with Crippen LogP contribution in [0.2, 0.25) is 0 Å². The number of carbonyl (C=O) groups excluding carboxylic acids is 1. The van der Waals surface area contributed by atoms with E-state index in [2.05, 4.69) is 15.5 Å². The lowest BCUT2D eigenvalue weighted by Gasteiger charge is -2.20. The van der Waals surface area contributed by atoms with Gasteiger partial charge in [-0.3, -0.25) is 0 Å². The molecule has 1 unspecified atom stereocenters. The molecule has 21 heavy (non-hydrogen) atoms. The number of anilines is 1. The zero-order valence-electron chi connectivity index (χ0n) is 11.7. The summed E-state index contributed by atoms with van der Waals surface area (Å²) in [6, 6.07) is 2.90. The van der Waals surface area contributed by atoms with E-state index >= 15 is 0 Å². The molecule has 0 saturated carbocycles. The highest BCUT2D eigenvalue weighted by Gasteiger charge is 2.21. The summed E-state index contributed by atoms with van der Waals surface area (Å²) in [6.07, 6.45) is 2.11. The standard InChI is InChI=1S/C14H18FN3O3/c1-18-6-2-3-10(18)8-16-14(21)17-12-7-9(15)4-5-11(12)13(19)20/h4-5,7,10H,2-3,6,8H2,1H3,(H,19,20)(H2,16,17,21). The van der Waals surface area contributed by atoms with Crippen molar-refractivity contribution >= 4 is 17.7 Å². The van der Waals surface area contributed by atoms with Gasteiger partial charge in [-0.2, -0.15) is 0 Å². The number of halogens is 1. The molecule has 1 aromatic rings. The van der Waals surface area contributed by atoms with Crippen LogP contribution in [-0.4, -0.2) is 48.2 Å². The van der Waals surface area contributed by atoms with Crippen LogP contribution in [0.15, 0.2) is 18.2 Å². The largest absolute Gasteiger partial charge is 0.478 e. The zero-order chi connectivity index (χ0) is 15.4. The van der Waals surface area contributed by atoms with E-state index in [0.29, 0.717) is 6.54 Å². The third kappa shape index (κ3) is 3.91. The van der Waals surface area contributed by atoms with Gasteiger partial charge in [0.15, 0.2) is 0 Å². The summed E-state index contributed by atoms with van der Waals surface area (Å²) in [7, 11) is 1.99. The fourth-order valence-corrected chi connectivity index (χ4v) is 2.42. The second-order valence-electron chi connectivity index (χ2n) is 5.11. The predicted octanol–water partition coefficient (Wildman–Crippen LogP) is 1.74. The molecule has 1 atom stereocenters. The van der Waals surface area contributed by atoms with E-state index in [-0.39, 0.29) is 17.3 Å². The first kappa shape index (κ1) is 15.2. The molecule has 1 aromatic carbocycles. The maximum Gasteiger partial charge on any atom is 0.337 e. The van der Waals surface area contributed by atoms with Crippen molar-refractivity contribution in [2.45, 2.75) is 18.9 Å². The minimum atomic E-state index is -1.22. The first-order valence-corrected chi connectivity index (χ1v) is 6.75. The Morgan fingerprint density at radius 3 is 2.86 bits per heavy atom. The summed E-state index contributed by atoms with van der Waals surface area (Å²) >= 11 is 0. The van der Waals surface area contributed by atoms with Gasteiger partial charge in [0.05, 0.1) is 11.3 Å². The summed E-state index contributed by atoms with van der Waals surface area (Å²) in [6.45, 7) is 1.47. The number of benzene rings is 1. The number of likely N-dealkylation sites (tertiary alicyclic amines) is 1. The third-order valence-electron chi connectivity index (χ3n) is 3.63. The SMILES string of the molecule is CN1CCCC1CNC(=O)Nc1cc(F)ccc1C(=O)O. The Bertz CT molecular complexity index is 550. The van der Waals surface area contributed by atoms with Crippen LogP contribution in [0.4, 0.5) is 14.9 Å². The average molecular weight is 295 g/mol.